The third kappa shape index (κ3) is 3.84. The number of benzene rings is 3. The zero-order valence-electron chi connectivity index (χ0n) is 14.8. The Morgan fingerprint density at radius 3 is 2.54 bits per heavy atom. The fraction of sp³-hybridized carbons (Fsp3) is 0.0952. The molecule has 0 aliphatic rings. The van der Waals surface area contributed by atoms with Crippen molar-refractivity contribution in [1.82, 2.24) is 14.8 Å². The zero-order valence-corrected chi connectivity index (χ0v) is 15.6. The highest BCUT2D eigenvalue weighted by atomic mass is 32.2. The maximum Gasteiger partial charge on any atom is 0.196 e. The molecule has 0 fully saturated rings. The number of aromatic nitrogens is 3. The van der Waals surface area contributed by atoms with Crippen LogP contribution in [-0.2, 0) is 11.4 Å². The van der Waals surface area contributed by atoms with Gasteiger partial charge in [0.2, 0.25) is 0 Å². The first-order valence-electron chi connectivity index (χ1n) is 8.65. The quantitative estimate of drug-likeness (QED) is 0.452. The van der Waals surface area contributed by atoms with E-state index in [9.17, 15) is 9.90 Å². The molecule has 0 radical (unpaired) electrons. The zero-order chi connectivity index (χ0) is 19.3. The lowest BCUT2D eigenvalue weighted by Crippen LogP contribution is -2.24. The van der Waals surface area contributed by atoms with Crippen molar-refractivity contribution < 1.29 is 14.6 Å². The Morgan fingerprint density at radius 1 is 0.964 bits per heavy atom. The second-order valence-electron chi connectivity index (χ2n) is 6.00. The van der Waals surface area contributed by atoms with E-state index in [0.29, 0.717) is 11.0 Å². The SMILES string of the molecule is O=C([O-])CSc1nnc(COc2cccc3ccccc23)n1-c1ccccc1. The molecule has 4 rings (SSSR count). The summed E-state index contributed by atoms with van der Waals surface area (Å²) in [5.74, 6) is -0.0133. The minimum absolute atomic E-state index is 0.196. The third-order valence-electron chi connectivity index (χ3n) is 4.14. The van der Waals surface area contributed by atoms with Crippen molar-refractivity contribution in [1.29, 1.82) is 0 Å². The van der Waals surface area contributed by atoms with Crippen molar-refractivity contribution in [3.05, 3.63) is 78.6 Å². The molecular weight excluding hydrogens is 374 g/mol. The van der Waals surface area contributed by atoms with E-state index < -0.39 is 5.97 Å². The van der Waals surface area contributed by atoms with Gasteiger partial charge in [-0.15, -0.1) is 10.2 Å². The highest BCUT2D eigenvalue weighted by molar-refractivity contribution is 7.99. The van der Waals surface area contributed by atoms with E-state index in [4.69, 9.17) is 4.74 Å². The molecule has 0 N–H and O–H groups in total. The van der Waals surface area contributed by atoms with E-state index >= 15 is 0 Å². The van der Waals surface area contributed by atoms with E-state index in [-0.39, 0.29) is 12.4 Å². The lowest BCUT2D eigenvalue weighted by Gasteiger charge is -2.12. The van der Waals surface area contributed by atoms with Crippen LogP contribution in [0.2, 0.25) is 0 Å². The van der Waals surface area contributed by atoms with E-state index in [2.05, 4.69) is 10.2 Å². The monoisotopic (exact) mass is 390 g/mol. The molecule has 6 nitrogen and oxygen atoms in total. The minimum Gasteiger partial charge on any atom is -0.549 e. The van der Waals surface area contributed by atoms with Gasteiger partial charge in [-0.05, 0) is 23.6 Å². The number of hydrogen-bond acceptors (Lipinski definition) is 6. The topological polar surface area (TPSA) is 80.1 Å². The van der Waals surface area contributed by atoms with Crippen LogP contribution in [0.3, 0.4) is 0 Å². The van der Waals surface area contributed by atoms with Gasteiger partial charge in [0.15, 0.2) is 11.0 Å². The summed E-state index contributed by atoms with van der Waals surface area (Å²) in [4.78, 5) is 10.8. The molecule has 0 aliphatic carbocycles. The van der Waals surface area contributed by atoms with Gasteiger partial charge < -0.3 is 14.6 Å². The van der Waals surface area contributed by atoms with Gasteiger partial charge in [0, 0.05) is 16.8 Å². The Hall–Kier alpha value is -3.32. The number of thioether (sulfide) groups is 1. The molecule has 0 aliphatic heterocycles. The molecule has 0 amide bonds. The van der Waals surface area contributed by atoms with Crippen molar-refractivity contribution in [2.45, 2.75) is 11.8 Å². The van der Waals surface area contributed by atoms with Crippen molar-refractivity contribution in [2.24, 2.45) is 0 Å². The summed E-state index contributed by atoms with van der Waals surface area (Å²) >= 11 is 1.07. The number of ether oxygens (including phenoxy) is 1. The summed E-state index contributed by atoms with van der Waals surface area (Å²) in [6.45, 7) is 0.196. The van der Waals surface area contributed by atoms with Crippen LogP contribution < -0.4 is 9.84 Å². The number of hydrogen-bond donors (Lipinski definition) is 0. The Balaban J connectivity index is 1.65. The molecule has 140 valence electrons. The van der Waals surface area contributed by atoms with Crippen molar-refractivity contribution in [3.8, 4) is 11.4 Å². The Bertz CT molecular complexity index is 1110. The highest BCUT2D eigenvalue weighted by Gasteiger charge is 2.15. The first-order valence-corrected chi connectivity index (χ1v) is 9.64. The van der Waals surface area contributed by atoms with Gasteiger partial charge in [-0.2, -0.15) is 0 Å². The number of para-hydroxylation sites is 1. The van der Waals surface area contributed by atoms with Crippen LogP contribution in [0, 0.1) is 0 Å². The normalized spacial score (nSPS) is 10.9. The van der Waals surface area contributed by atoms with E-state index in [0.717, 1.165) is 34.0 Å². The number of carbonyl (C=O) groups is 1. The Kier molecular flexibility index (Phi) is 5.25. The van der Waals surface area contributed by atoms with Crippen molar-refractivity contribution >= 4 is 28.5 Å². The lowest BCUT2D eigenvalue weighted by molar-refractivity contribution is -0.301. The van der Waals surface area contributed by atoms with Gasteiger partial charge in [-0.3, -0.25) is 4.57 Å². The minimum atomic E-state index is -1.15. The fourth-order valence-electron chi connectivity index (χ4n) is 2.91. The molecule has 1 aromatic heterocycles. The number of carboxylic acid groups (broad SMARTS) is 1. The summed E-state index contributed by atoms with van der Waals surface area (Å²) in [6, 6.07) is 23.4. The van der Waals surface area contributed by atoms with Gasteiger partial charge in [-0.25, -0.2) is 0 Å². The summed E-state index contributed by atoms with van der Waals surface area (Å²) in [7, 11) is 0. The Labute approximate surface area is 165 Å². The molecule has 7 heteroatoms. The average Bonchev–Trinajstić information content (AvgIpc) is 3.14. The van der Waals surface area contributed by atoms with Crippen LogP contribution in [0.4, 0.5) is 0 Å². The van der Waals surface area contributed by atoms with Crippen molar-refractivity contribution in [2.75, 3.05) is 5.75 Å². The molecule has 0 saturated carbocycles. The number of carboxylic acids is 1. The summed E-state index contributed by atoms with van der Waals surface area (Å²) in [5.41, 5.74) is 0.838. The van der Waals surface area contributed by atoms with Gasteiger partial charge in [0.25, 0.3) is 0 Å². The van der Waals surface area contributed by atoms with Crippen molar-refractivity contribution in [3.63, 3.8) is 0 Å². The maximum absolute atomic E-state index is 10.8. The van der Waals surface area contributed by atoms with Gasteiger partial charge in [0.1, 0.15) is 12.4 Å². The van der Waals surface area contributed by atoms with Gasteiger partial charge in [0.05, 0.1) is 5.97 Å². The molecule has 1 heterocycles. The standard InChI is InChI=1S/C21H17N3O3S/c25-20(26)14-28-21-23-22-19(24(21)16-9-2-1-3-10-16)13-27-18-12-6-8-15-7-4-5-11-17(15)18/h1-12H,13-14H2,(H,25,26)/p-1. The van der Waals surface area contributed by atoms with E-state index in [1.807, 2.05) is 72.8 Å². The average molecular weight is 390 g/mol. The van der Waals surface area contributed by atoms with Gasteiger partial charge >= 0.3 is 0 Å². The second kappa shape index (κ2) is 8.14. The van der Waals surface area contributed by atoms with Crippen LogP contribution in [0.15, 0.2) is 78.0 Å². The van der Waals surface area contributed by atoms with Crippen LogP contribution >= 0.6 is 11.8 Å². The molecule has 0 spiro atoms. The van der Waals surface area contributed by atoms with Crippen LogP contribution in [0.1, 0.15) is 5.82 Å². The van der Waals surface area contributed by atoms with Gasteiger partial charge in [-0.1, -0.05) is 66.4 Å². The smallest absolute Gasteiger partial charge is 0.196 e. The van der Waals surface area contributed by atoms with Crippen LogP contribution in [0.5, 0.6) is 5.75 Å². The largest absolute Gasteiger partial charge is 0.549 e. The van der Waals surface area contributed by atoms with E-state index in [1.54, 1.807) is 4.57 Å². The molecular formula is C21H16N3O3S-. The number of carbonyl (C=O) groups excluding carboxylic acids is 1. The number of nitrogens with zero attached hydrogens (tertiary/aromatic N) is 3. The maximum atomic E-state index is 10.8. The molecule has 0 unspecified atom stereocenters. The fourth-order valence-corrected chi connectivity index (χ4v) is 3.60. The van der Waals surface area contributed by atoms with Crippen LogP contribution in [0.25, 0.3) is 16.5 Å². The molecule has 4 aromatic rings. The van der Waals surface area contributed by atoms with E-state index in [1.165, 1.54) is 0 Å². The second-order valence-corrected chi connectivity index (χ2v) is 6.94. The summed E-state index contributed by atoms with van der Waals surface area (Å²) < 4.78 is 7.85. The molecule has 0 bridgehead atoms. The number of aliphatic carboxylic acids is 1. The highest BCUT2D eigenvalue weighted by Crippen LogP contribution is 2.27. The predicted molar refractivity (Wildman–Crippen MR) is 105 cm³/mol. The first-order chi connectivity index (χ1) is 13.7. The van der Waals surface area contributed by atoms with Crippen LogP contribution in [-0.4, -0.2) is 26.5 Å². The molecule has 28 heavy (non-hydrogen) atoms. The molecule has 0 saturated heterocycles. The number of fused-ring (bicyclic) bond motifs is 1. The Morgan fingerprint density at radius 2 is 1.71 bits per heavy atom. The molecule has 3 aromatic carbocycles. The third-order valence-corrected chi connectivity index (χ3v) is 5.04. The lowest BCUT2D eigenvalue weighted by atomic mass is 10.1. The summed E-state index contributed by atoms with van der Waals surface area (Å²) in [5, 5.41) is 21.8. The number of rotatable bonds is 7. The predicted octanol–water partition coefficient (Wildman–Crippen LogP) is 2.84. The first kappa shape index (κ1) is 18.1. The molecule has 0 atom stereocenters. The summed E-state index contributed by atoms with van der Waals surface area (Å²) in [6.07, 6.45) is 0.